The normalized spacial score (nSPS) is 14.7. The highest BCUT2D eigenvalue weighted by molar-refractivity contribution is 6.74. The molecular weight excluding hydrogens is 811 g/mol. The van der Waals surface area contributed by atoms with Crippen molar-refractivity contribution >= 4 is 26.2 Å². The Hall–Kier alpha value is -4.27. The third-order valence-electron chi connectivity index (χ3n) is 8.96. The van der Waals surface area contributed by atoms with Crippen LogP contribution in [0.5, 0.6) is 0 Å². The molecular formula is C39H54F6N4O9Si. The summed E-state index contributed by atoms with van der Waals surface area (Å²) in [6.45, 7) is 19.8. The molecule has 0 spiro atoms. The van der Waals surface area contributed by atoms with E-state index in [4.69, 9.17) is 27.8 Å². The van der Waals surface area contributed by atoms with Crippen molar-refractivity contribution in [2.24, 2.45) is 0 Å². The highest BCUT2D eigenvalue weighted by Gasteiger charge is 2.61. The van der Waals surface area contributed by atoms with Crippen molar-refractivity contribution in [2.75, 3.05) is 18.1 Å². The minimum absolute atomic E-state index is 0.0386. The number of hydrogen-bond acceptors (Lipinski definition) is 11. The van der Waals surface area contributed by atoms with Crippen molar-refractivity contribution in [3.63, 3.8) is 0 Å². The first-order valence-electron chi connectivity index (χ1n) is 18.7. The summed E-state index contributed by atoms with van der Waals surface area (Å²) in [7, 11) is -2.17. The van der Waals surface area contributed by atoms with E-state index in [2.05, 4.69) is 44.1 Å². The maximum Gasteiger partial charge on any atom is 0.426 e. The number of aromatic amines is 1. The molecule has 0 aliphatic carbocycles. The van der Waals surface area contributed by atoms with E-state index in [-0.39, 0.29) is 41.7 Å². The lowest BCUT2D eigenvalue weighted by Gasteiger charge is -2.38. The lowest BCUT2D eigenvalue weighted by Crippen LogP contribution is -2.45. The Morgan fingerprint density at radius 2 is 1.44 bits per heavy atom. The molecule has 0 unspecified atom stereocenters. The Morgan fingerprint density at radius 3 is 1.93 bits per heavy atom. The molecule has 13 nitrogen and oxygen atoms in total. The lowest BCUT2D eigenvalue weighted by molar-refractivity contribution is -0.300. The molecule has 0 aliphatic heterocycles. The molecule has 2 amide bonds. The number of carbonyl (C=O) groups is 2. The quantitative estimate of drug-likeness (QED) is 0.0935. The van der Waals surface area contributed by atoms with Gasteiger partial charge in [0.1, 0.15) is 22.5 Å². The van der Waals surface area contributed by atoms with Crippen LogP contribution in [0.2, 0.25) is 18.1 Å². The molecule has 2 atom stereocenters. The molecule has 0 aliphatic rings. The molecule has 0 radical (unpaired) electrons. The number of amides is 2. The molecule has 2 heterocycles. The number of nitrogens with zero attached hydrogens (tertiary/aromatic N) is 3. The molecule has 0 bridgehead atoms. The van der Waals surface area contributed by atoms with Crippen LogP contribution in [0, 0.1) is 0 Å². The molecule has 330 valence electrons. The maximum absolute atomic E-state index is 15.5. The van der Waals surface area contributed by atoms with Gasteiger partial charge in [0.2, 0.25) is 5.60 Å². The minimum Gasteiger partial charge on any atom is -0.443 e. The molecule has 1 N–H and O–H groups in total. The van der Waals surface area contributed by atoms with Gasteiger partial charge in [-0.15, -0.1) is 10.2 Å². The van der Waals surface area contributed by atoms with Crippen LogP contribution in [0.1, 0.15) is 99.1 Å². The number of imide groups is 1. The largest absolute Gasteiger partial charge is 0.443 e. The molecule has 20 heteroatoms. The zero-order chi connectivity index (χ0) is 45.0. The van der Waals surface area contributed by atoms with E-state index >= 15 is 13.2 Å². The van der Waals surface area contributed by atoms with Gasteiger partial charge in [0.25, 0.3) is 17.3 Å². The monoisotopic (exact) mass is 864 g/mol. The summed E-state index contributed by atoms with van der Waals surface area (Å²) < 4.78 is 123. The second kappa shape index (κ2) is 18.1. The molecule has 0 saturated carbocycles. The van der Waals surface area contributed by atoms with Gasteiger partial charge in [0.15, 0.2) is 8.32 Å². The maximum atomic E-state index is 15.5. The van der Waals surface area contributed by atoms with E-state index in [9.17, 15) is 27.6 Å². The van der Waals surface area contributed by atoms with Crippen LogP contribution in [-0.2, 0) is 41.8 Å². The average molecular weight is 865 g/mol. The number of ether oxygens (including phenoxy) is 4. The predicted molar refractivity (Wildman–Crippen MR) is 207 cm³/mol. The topological polar surface area (TPSA) is 155 Å². The van der Waals surface area contributed by atoms with Crippen molar-refractivity contribution < 1.29 is 63.7 Å². The summed E-state index contributed by atoms with van der Waals surface area (Å²) in [6.07, 6.45) is -15.2. The predicted octanol–water partition coefficient (Wildman–Crippen LogP) is 10.3. The number of nitrogens with one attached hydrogen (secondary N) is 1. The SMILES string of the molecule is C[C@@H](COCCC[C@@](OCc1ccccc1)(c1nnc(-c2[nH]c(=O)c(C(F)(F)F)cc2N(C(=O)OC(C)(C)C)C(=O)OC(C)(C)C)o1)C(F)(F)F)O[Si](C)(C)C(C)(C)C. The molecule has 0 saturated heterocycles. The molecule has 59 heavy (non-hydrogen) atoms. The number of H-pyrrole nitrogens is 1. The van der Waals surface area contributed by atoms with E-state index < -0.39 is 97.0 Å². The van der Waals surface area contributed by atoms with E-state index in [1.54, 1.807) is 25.1 Å². The smallest absolute Gasteiger partial charge is 0.426 e. The van der Waals surface area contributed by atoms with Gasteiger partial charge >= 0.3 is 24.5 Å². The van der Waals surface area contributed by atoms with Crippen LogP contribution in [-0.4, -0.2) is 72.4 Å². The fourth-order valence-electron chi connectivity index (χ4n) is 5.20. The summed E-state index contributed by atoms with van der Waals surface area (Å²) in [5, 5.41) is 7.20. The van der Waals surface area contributed by atoms with Gasteiger partial charge in [0, 0.05) is 6.61 Å². The number of benzene rings is 1. The van der Waals surface area contributed by atoms with Gasteiger partial charge in [-0.05, 0) is 91.1 Å². The summed E-state index contributed by atoms with van der Waals surface area (Å²) in [6, 6.07) is 8.00. The zero-order valence-corrected chi connectivity index (χ0v) is 36.4. The number of rotatable bonds is 14. The first-order valence-corrected chi connectivity index (χ1v) is 21.6. The number of halogens is 6. The number of carbonyl (C=O) groups excluding carboxylic acids is 2. The number of aromatic nitrogens is 3. The highest BCUT2D eigenvalue weighted by atomic mass is 28.4. The Labute approximate surface area is 340 Å². The number of alkyl halides is 6. The molecule has 0 fully saturated rings. The summed E-state index contributed by atoms with van der Waals surface area (Å²) in [5.41, 5.74) is -11.3. The van der Waals surface area contributed by atoms with Crippen molar-refractivity contribution in [3.8, 4) is 11.6 Å². The van der Waals surface area contributed by atoms with Gasteiger partial charge in [-0.3, -0.25) is 4.79 Å². The Bertz CT molecular complexity index is 1920. The van der Waals surface area contributed by atoms with Gasteiger partial charge in [-0.2, -0.15) is 31.2 Å². The second-order valence-electron chi connectivity index (χ2n) is 17.4. The van der Waals surface area contributed by atoms with Crippen LogP contribution in [0.3, 0.4) is 0 Å². The first kappa shape index (κ1) is 49.1. The van der Waals surface area contributed by atoms with Crippen molar-refractivity contribution in [1.82, 2.24) is 15.2 Å². The Balaban J connectivity index is 2.17. The minimum atomic E-state index is -5.35. The van der Waals surface area contributed by atoms with Crippen LogP contribution in [0.15, 0.2) is 45.6 Å². The fraction of sp³-hybridized carbons (Fsp3) is 0.615. The van der Waals surface area contributed by atoms with Crippen LogP contribution >= 0.6 is 0 Å². The standard InChI is InChI=1S/C39H54F6N4O9Si/c1-24(58-59(11,12)36(8,9)10)22-53-20-16-19-37(39(43,44)45,54-23-25-17-14-13-15-18-25)31-48-47-30(55-31)28-27(21-26(29(50)46-28)38(40,41)42)49(32(51)56-34(2,3)4)33(52)57-35(5,6)7/h13-15,17-18,21,24H,16,19-20,22-23H2,1-12H3,(H,46,50)/t24-,37+/m0/s1. The highest BCUT2D eigenvalue weighted by Crippen LogP contribution is 2.47. The molecule has 3 rings (SSSR count). The molecule has 3 aromatic rings. The van der Waals surface area contributed by atoms with Crippen molar-refractivity contribution in [3.05, 3.63) is 63.8 Å². The van der Waals surface area contributed by atoms with Crippen LogP contribution < -0.4 is 10.5 Å². The summed E-state index contributed by atoms with van der Waals surface area (Å²) in [4.78, 5) is 41.9. The molecule has 1 aromatic carbocycles. The number of pyridine rings is 1. The third-order valence-corrected chi connectivity index (χ3v) is 13.6. The third kappa shape index (κ3) is 13.1. The van der Waals surface area contributed by atoms with E-state index in [0.29, 0.717) is 5.56 Å². The van der Waals surface area contributed by atoms with E-state index in [0.717, 1.165) is 0 Å². The Morgan fingerprint density at radius 1 is 0.881 bits per heavy atom. The van der Waals surface area contributed by atoms with E-state index in [1.165, 1.54) is 53.7 Å². The van der Waals surface area contributed by atoms with Gasteiger partial charge in [-0.1, -0.05) is 51.1 Å². The van der Waals surface area contributed by atoms with Gasteiger partial charge in [-0.25, -0.2) is 9.59 Å². The van der Waals surface area contributed by atoms with E-state index in [1.807, 2.05) is 4.98 Å². The summed E-state index contributed by atoms with van der Waals surface area (Å²) >= 11 is 0. The second-order valence-corrected chi connectivity index (χ2v) is 22.2. The summed E-state index contributed by atoms with van der Waals surface area (Å²) in [5.74, 6) is -2.21. The molecule has 2 aromatic heterocycles. The number of hydrogen-bond donors (Lipinski definition) is 1. The van der Waals surface area contributed by atoms with Crippen LogP contribution in [0.25, 0.3) is 11.6 Å². The number of anilines is 1. The van der Waals surface area contributed by atoms with Crippen LogP contribution in [0.4, 0.5) is 41.6 Å². The van der Waals surface area contributed by atoms with Gasteiger partial charge in [0.05, 0.1) is 25.0 Å². The Kier molecular flexibility index (Phi) is 15.1. The fourth-order valence-corrected chi connectivity index (χ4v) is 6.62. The average Bonchev–Trinajstić information content (AvgIpc) is 3.54. The zero-order valence-electron chi connectivity index (χ0n) is 35.4. The van der Waals surface area contributed by atoms with Gasteiger partial charge < -0.3 is 32.8 Å². The van der Waals surface area contributed by atoms with Crippen molar-refractivity contribution in [1.29, 1.82) is 0 Å². The van der Waals surface area contributed by atoms with Crippen molar-refractivity contribution in [2.45, 2.75) is 142 Å². The first-order chi connectivity index (χ1) is 26.8. The lowest BCUT2D eigenvalue weighted by atomic mass is 9.96.